The summed E-state index contributed by atoms with van der Waals surface area (Å²) in [5.74, 6) is 0. The summed E-state index contributed by atoms with van der Waals surface area (Å²) < 4.78 is 0. The third-order valence-corrected chi connectivity index (χ3v) is 1.90. The molecule has 0 radical (unpaired) electrons. The summed E-state index contributed by atoms with van der Waals surface area (Å²) in [4.78, 5) is 4.79. The maximum Gasteiger partial charge on any atom is 0.0520 e. The molecule has 0 aromatic heterocycles. The van der Waals surface area contributed by atoms with E-state index >= 15 is 0 Å². The van der Waals surface area contributed by atoms with Gasteiger partial charge in [-0.25, -0.2) is 0 Å². The van der Waals surface area contributed by atoms with Crippen LogP contribution in [-0.4, -0.2) is 16.6 Å². The van der Waals surface area contributed by atoms with Crippen LogP contribution in [0.4, 0.5) is 0 Å². The molecule has 10 heavy (non-hydrogen) atoms. The first kappa shape index (κ1) is 10.2. The monoisotopic (exact) mass is 205 g/mol. The van der Waals surface area contributed by atoms with Crippen molar-refractivity contribution < 1.29 is 0 Å². The van der Waals surface area contributed by atoms with Crippen molar-refractivity contribution in [1.82, 2.24) is 0 Å². The van der Waals surface area contributed by atoms with Crippen molar-refractivity contribution in [3.63, 3.8) is 0 Å². The molecular weight excluding hydrogens is 190 g/mol. The summed E-state index contributed by atoms with van der Waals surface area (Å²) in [7, 11) is 0. The van der Waals surface area contributed by atoms with Gasteiger partial charge in [0.05, 0.1) is 5.54 Å². The molecular formula is C8H16BrN. The number of nitrogens with zero attached hydrogens (tertiary/aromatic N) is 1. The van der Waals surface area contributed by atoms with Gasteiger partial charge in [-0.3, -0.25) is 4.99 Å². The highest BCUT2D eigenvalue weighted by Crippen LogP contribution is 2.08. The summed E-state index contributed by atoms with van der Waals surface area (Å²) in [5.41, 5.74) is 0.0706. The van der Waals surface area contributed by atoms with E-state index in [0.29, 0.717) is 4.83 Å². The van der Waals surface area contributed by atoms with Gasteiger partial charge in [0, 0.05) is 11.0 Å². The average Bonchev–Trinajstić information content (AvgIpc) is 1.81. The van der Waals surface area contributed by atoms with Crippen molar-refractivity contribution in [1.29, 1.82) is 0 Å². The molecule has 0 saturated heterocycles. The summed E-state index contributed by atoms with van der Waals surface area (Å²) in [6, 6.07) is 0. The lowest BCUT2D eigenvalue weighted by atomic mass is 10.1. The Labute approximate surface area is 72.1 Å². The third-order valence-electron chi connectivity index (χ3n) is 1.01. The molecule has 0 amide bonds. The SMILES string of the molecule is CCC(Br)C=NC(C)(C)C. The molecule has 0 bridgehead atoms. The predicted octanol–water partition coefficient (Wildman–Crippen LogP) is 3.03. The van der Waals surface area contributed by atoms with Gasteiger partial charge in [0.2, 0.25) is 0 Å². The molecule has 60 valence electrons. The number of alkyl halides is 1. The first-order chi connectivity index (χ1) is 4.45. The van der Waals surface area contributed by atoms with Crippen LogP contribution in [-0.2, 0) is 0 Å². The van der Waals surface area contributed by atoms with Crippen LogP contribution in [0.3, 0.4) is 0 Å². The van der Waals surface area contributed by atoms with E-state index in [2.05, 4.69) is 48.6 Å². The van der Waals surface area contributed by atoms with Gasteiger partial charge in [-0.15, -0.1) is 0 Å². The largest absolute Gasteiger partial charge is 0.291 e. The van der Waals surface area contributed by atoms with E-state index < -0.39 is 0 Å². The summed E-state index contributed by atoms with van der Waals surface area (Å²) in [6.45, 7) is 8.42. The topological polar surface area (TPSA) is 12.4 Å². The number of hydrogen-bond acceptors (Lipinski definition) is 1. The summed E-state index contributed by atoms with van der Waals surface area (Å²) in [6.07, 6.45) is 3.07. The molecule has 0 aliphatic rings. The fourth-order valence-electron chi connectivity index (χ4n) is 0.410. The minimum absolute atomic E-state index is 0.0706. The van der Waals surface area contributed by atoms with E-state index in [1.807, 2.05) is 6.21 Å². The molecule has 1 atom stereocenters. The predicted molar refractivity (Wildman–Crippen MR) is 51.3 cm³/mol. The quantitative estimate of drug-likeness (QED) is 0.486. The van der Waals surface area contributed by atoms with Gasteiger partial charge in [0.15, 0.2) is 0 Å². The van der Waals surface area contributed by atoms with Gasteiger partial charge >= 0.3 is 0 Å². The van der Waals surface area contributed by atoms with Crippen molar-refractivity contribution in [3.8, 4) is 0 Å². The Morgan fingerprint density at radius 2 is 2.00 bits per heavy atom. The Morgan fingerprint density at radius 3 is 2.30 bits per heavy atom. The Bertz CT molecular complexity index is 113. The van der Waals surface area contributed by atoms with Gasteiger partial charge in [0.25, 0.3) is 0 Å². The van der Waals surface area contributed by atoms with Gasteiger partial charge in [-0.05, 0) is 27.2 Å². The zero-order valence-electron chi connectivity index (χ0n) is 7.19. The number of rotatable bonds is 2. The molecule has 2 heteroatoms. The van der Waals surface area contributed by atoms with Crippen molar-refractivity contribution in [2.24, 2.45) is 4.99 Å². The van der Waals surface area contributed by atoms with Crippen molar-refractivity contribution in [2.45, 2.75) is 44.5 Å². The first-order valence-corrected chi connectivity index (χ1v) is 4.56. The minimum Gasteiger partial charge on any atom is -0.291 e. The smallest absolute Gasteiger partial charge is 0.0520 e. The Morgan fingerprint density at radius 1 is 1.50 bits per heavy atom. The zero-order valence-corrected chi connectivity index (χ0v) is 8.77. The van der Waals surface area contributed by atoms with Crippen LogP contribution in [0.15, 0.2) is 4.99 Å². The van der Waals surface area contributed by atoms with Crippen molar-refractivity contribution >= 4 is 22.1 Å². The first-order valence-electron chi connectivity index (χ1n) is 3.65. The van der Waals surface area contributed by atoms with E-state index in [4.69, 9.17) is 0 Å². The lowest BCUT2D eigenvalue weighted by molar-refractivity contribution is 0.585. The summed E-state index contributed by atoms with van der Waals surface area (Å²) in [5, 5.41) is 0. The Hall–Kier alpha value is 0.150. The molecule has 0 saturated carbocycles. The Balaban J connectivity index is 3.75. The van der Waals surface area contributed by atoms with Crippen LogP contribution in [0, 0.1) is 0 Å². The zero-order chi connectivity index (χ0) is 8.20. The molecule has 0 aliphatic heterocycles. The van der Waals surface area contributed by atoms with Gasteiger partial charge in [-0.1, -0.05) is 22.9 Å². The maximum absolute atomic E-state index is 4.36. The van der Waals surface area contributed by atoms with Crippen LogP contribution in [0.25, 0.3) is 0 Å². The van der Waals surface area contributed by atoms with Gasteiger partial charge in [-0.2, -0.15) is 0 Å². The van der Waals surface area contributed by atoms with E-state index in [1.165, 1.54) is 0 Å². The molecule has 0 aliphatic carbocycles. The van der Waals surface area contributed by atoms with Gasteiger partial charge < -0.3 is 0 Å². The molecule has 0 rings (SSSR count). The van der Waals surface area contributed by atoms with E-state index in [9.17, 15) is 0 Å². The second-order valence-corrected chi connectivity index (χ2v) is 4.55. The van der Waals surface area contributed by atoms with E-state index in [1.54, 1.807) is 0 Å². The fourth-order valence-corrected chi connectivity index (χ4v) is 0.528. The third kappa shape index (κ3) is 6.27. The number of hydrogen-bond donors (Lipinski definition) is 0. The molecule has 0 fully saturated rings. The van der Waals surface area contributed by atoms with Crippen LogP contribution in [0.1, 0.15) is 34.1 Å². The van der Waals surface area contributed by atoms with Crippen molar-refractivity contribution in [3.05, 3.63) is 0 Å². The molecule has 0 N–H and O–H groups in total. The number of halogens is 1. The second-order valence-electron chi connectivity index (χ2n) is 3.37. The van der Waals surface area contributed by atoms with Crippen LogP contribution >= 0.6 is 15.9 Å². The standard InChI is InChI=1S/C8H16BrN/c1-5-7(9)6-10-8(2,3)4/h6-7H,5H2,1-4H3. The fraction of sp³-hybridized carbons (Fsp3) is 0.875. The Kier molecular flexibility index (Phi) is 4.18. The molecule has 1 nitrogen and oxygen atoms in total. The maximum atomic E-state index is 4.36. The highest BCUT2D eigenvalue weighted by atomic mass is 79.9. The summed E-state index contributed by atoms with van der Waals surface area (Å²) >= 11 is 3.48. The molecule has 0 heterocycles. The average molecular weight is 206 g/mol. The van der Waals surface area contributed by atoms with Gasteiger partial charge in [0.1, 0.15) is 0 Å². The minimum atomic E-state index is 0.0706. The van der Waals surface area contributed by atoms with Crippen LogP contribution in [0.2, 0.25) is 0 Å². The normalized spacial score (nSPS) is 16.1. The lowest BCUT2D eigenvalue weighted by Gasteiger charge is -2.11. The van der Waals surface area contributed by atoms with Crippen LogP contribution in [0.5, 0.6) is 0 Å². The van der Waals surface area contributed by atoms with E-state index in [-0.39, 0.29) is 5.54 Å². The highest BCUT2D eigenvalue weighted by Gasteiger charge is 2.05. The highest BCUT2D eigenvalue weighted by molar-refractivity contribution is 9.09. The molecule has 0 spiro atoms. The van der Waals surface area contributed by atoms with Crippen molar-refractivity contribution in [2.75, 3.05) is 0 Å². The molecule has 0 aromatic carbocycles. The second kappa shape index (κ2) is 4.12. The molecule has 1 unspecified atom stereocenters. The number of aliphatic imine (C=N–C) groups is 1. The lowest BCUT2D eigenvalue weighted by Crippen LogP contribution is -2.11. The van der Waals surface area contributed by atoms with E-state index in [0.717, 1.165) is 6.42 Å². The van der Waals surface area contributed by atoms with Crippen LogP contribution < -0.4 is 0 Å². The molecule has 0 aromatic rings.